The smallest absolute Gasteiger partial charge is 0.324 e. The summed E-state index contributed by atoms with van der Waals surface area (Å²) in [6, 6.07) is 6.42. The van der Waals surface area contributed by atoms with Crippen LogP contribution in [-0.4, -0.2) is 41.1 Å². The number of nitrogens with zero attached hydrogens (tertiary/aromatic N) is 1. The average Bonchev–Trinajstić information content (AvgIpc) is 3.57. The lowest BCUT2D eigenvalue weighted by atomic mass is 9.93. The van der Waals surface area contributed by atoms with Gasteiger partial charge >= 0.3 is 6.03 Å². The van der Waals surface area contributed by atoms with Crippen molar-refractivity contribution in [1.82, 2.24) is 15.5 Å². The quantitative estimate of drug-likeness (QED) is 0.248. The standard InChI is InChI=1S/C29H35N7O4/c1-15-21(31-16(2)25(15)35-26(37)17-7-6-10-30-14-17)12-20-19-9-8-18(11-22(19)33-27(20)38)32-28(39)34-24-13-23(40-36-24)29(3,4)5/h8-9,11-13,17,30-31H,6-7,10,14H2,1-5H3,(H,33,38)(H,35,37)(H2,32,34,36,39)/b20-12-. The van der Waals surface area contributed by atoms with Crippen LogP contribution >= 0.6 is 0 Å². The van der Waals surface area contributed by atoms with Gasteiger partial charge in [0.25, 0.3) is 5.91 Å². The minimum atomic E-state index is -0.482. The molecule has 0 saturated carbocycles. The van der Waals surface area contributed by atoms with E-state index >= 15 is 0 Å². The number of nitrogens with one attached hydrogen (secondary N) is 6. The number of aromatic nitrogens is 2. The summed E-state index contributed by atoms with van der Waals surface area (Å²) in [6.45, 7) is 11.4. The van der Waals surface area contributed by atoms with E-state index in [0.29, 0.717) is 40.6 Å². The Kier molecular flexibility index (Phi) is 7.24. The van der Waals surface area contributed by atoms with Crippen molar-refractivity contribution in [2.24, 2.45) is 5.92 Å². The van der Waals surface area contributed by atoms with Gasteiger partial charge < -0.3 is 30.8 Å². The van der Waals surface area contributed by atoms with E-state index in [-0.39, 0.29) is 23.1 Å². The normalized spacial score (nSPS) is 17.9. The number of piperidine rings is 1. The molecule has 11 heteroatoms. The zero-order valence-electron chi connectivity index (χ0n) is 23.4. The average molecular weight is 546 g/mol. The molecule has 0 radical (unpaired) electrons. The van der Waals surface area contributed by atoms with Gasteiger partial charge in [0.15, 0.2) is 5.82 Å². The van der Waals surface area contributed by atoms with Gasteiger partial charge in [0.1, 0.15) is 5.76 Å². The maximum Gasteiger partial charge on any atom is 0.324 e. The summed E-state index contributed by atoms with van der Waals surface area (Å²) in [5, 5.41) is 18.5. The summed E-state index contributed by atoms with van der Waals surface area (Å²) in [5.74, 6) is 0.663. The monoisotopic (exact) mass is 545 g/mol. The number of rotatable bonds is 5. The third kappa shape index (κ3) is 5.64. The van der Waals surface area contributed by atoms with Crippen LogP contribution in [0.2, 0.25) is 0 Å². The van der Waals surface area contributed by atoms with Crippen LogP contribution < -0.4 is 26.6 Å². The van der Waals surface area contributed by atoms with Crippen LogP contribution in [-0.2, 0) is 15.0 Å². The summed E-state index contributed by atoms with van der Waals surface area (Å²) < 4.78 is 5.30. The molecule has 1 unspecified atom stereocenters. The maximum absolute atomic E-state index is 12.9. The van der Waals surface area contributed by atoms with Crippen LogP contribution in [0.4, 0.5) is 27.7 Å². The number of carbonyl (C=O) groups excluding carboxylic acids is 3. The Morgan fingerprint density at radius 1 is 1.12 bits per heavy atom. The highest BCUT2D eigenvalue weighted by atomic mass is 16.5. The number of benzene rings is 1. The number of amides is 4. The molecule has 1 fully saturated rings. The molecule has 210 valence electrons. The molecule has 4 heterocycles. The van der Waals surface area contributed by atoms with Crippen molar-refractivity contribution >= 4 is 52.4 Å². The summed E-state index contributed by atoms with van der Waals surface area (Å²) >= 11 is 0. The van der Waals surface area contributed by atoms with E-state index in [1.165, 1.54) is 0 Å². The predicted molar refractivity (Wildman–Crippen MR) is 155 cm³/mol. The fourth-order valence-electron chi connectivity index (χ4n) is 4.93. The minimum Gasteiger partial charge on any atom is -0.359 e. The molecule has 0 spiro atoms. The van der Waals surface area contributed by atoms with Crippen LogP contribution in [0.5, 0.6) is 0 Å². The minimum absolute atomic E-state index is 0.00261. The fraction of sp³-hybridized carbons (Fsp3) is 0.379. The molecule has 6 N–H and O–H groups in total. The molecule has 1 atom stereocenters. The highest BCUT2D eigenvalue weighted by Crippen LogP contribution is 2.36. The molecular weight excluding hydrogens is 510 g/mol. The lowest BCUT2D eigenvalue weighted by Crippen LogP contribution is -2.37. The molecule has 4 amide bonds. The molecule has 11 nitrogen and oxygen atoms in total. The summed E-state index contributed by atoms with van der Waals surface area (Å²) in [4.78, 5) is 41.5. The van der Waals surface area contributed by atoms with Gasteiger partial charge in [-0.2, -0.15) is 0 Å². The topological polar surface area (TPSA) is 153 Å². The van der Waals surface area contributed by atoms with Crippen LogP contribution in [0.15, 0.2) is 28.8 Å². The van der Waals surface area contributed by atoms with Crippen molar-refractivity contribution in [2.45, 2.75) is 52.9 Å². The highest BCUT2D eigenvalue weighted by molar-refractivity contribution is 6.35. The molecule has 1 aromatic carbocycles. The van der Waals surface area contributed by atoms with E-state index in [1.54, 1.807) is 30.3 Å². The second-order valence-corrected chi connectivity index (χ2v) is 11.4. The molecule has 1 saturated heterocycles. The van der Waals surface area contributed by atoms with Crippen LogP contribution in [0.25, 0.3) is 11.6 Å². The molecule has 5 rings (SSSR count). The van der Waals surface area contributed by atoms with Crippen molar-refractivity contribution in [2.75, 3.05) is 34.4 Å². The van der Waals surface area contributed by atoms with Gasteiger partial charge in [-0.25, -0.2) is 4.79 Å². The van der Waals surface area contributed by atoms with Crippen molar-refractivity contribution in [3.05, 3.63) is 52.5 Å². The number of aryl methyl sites for hydroxylation is 1. The van der Waals surface area contributed by atoms with Crippen LogP contribution in [0.3, 0.4) is 0 Å². The predicted octanol–water partition coefficient (Wildman–Crippen LogP) is 4.99. The number of hydrogen-bond donors (Lipinski definition) is 6. The number of hydrogen-bond acceptors (Lipinski definition) is 6. The van der Waals surface area contributed by atoms with Crippen molar-refractivity contribution in [1.29, 1.82) is 0 Å². The highest BCUT2D eigenvalue weighted by Gasteiger charge is 2.27. The molecule has 3 aromatic rings. The van der Waals surface area contributed by atoms with E-state index in [2.05, 4.69) is 36.7 Å². The number of urea groups is 1. The Labute approximate surface area is 232 Å². The lowest BCUT2D eigenvalue weighted by Gasteiger charge is -2.22. The number of aromatic amines is 1. The van der Waals surface area contributed by atoms with Gasteiger partial charge in [-0.1, -0.05) is 32.0 Å². The first-order valence-corrected chi connectivity index (χ1v) is 13.4. The van der Waals surface area contributed by atoms with Gasteiger partial charge in [0.2, 0.25) is 5.91 Å². The van der Waals surface area contributed by atoms with Crippen molar-refractivity contribution in [3.8, 4) is 0 Å². The number of carbonyl (C=O) groups is 3. The molecular formula is C29H35N7O4. The third-order valence-electron chi connectivity index (χ3n) is 7.23. The van der Waals surface area contributed by atoms with Crippen molar-refractivity contribution < 1.29 is 18.9 Å². The largest absolute Gasteiger partial charge is 0.359 e. The second kappa shape index (κ2) is 10.6. The molecule has 2 aromatic heterocycles. The van der Waals surface area contributed by atoms with Gasteiger partial charge in [-0.3, -0.25) is 14.9 Å². The first-order chi connectivity index (χ1) is 19.0. The van der Waals surface area contributed by atoms with E-state index in [1.807, 2.05) is 34.6 Å². The number of fused-ring (bicyclic) bond motifs is 1. The van der Waals surface area contributed by atoms with Gasteiger partial charge in [0, 0.05) is 40.7 Å². The maximum atomic E-state index is 12.9. The molecule has 0 bridgehead atoms. The van der Waals surface area contributed by atoms with Crippen LogP contribution in [0.1, 0.15) is 61.9 Å². The van der Waals surface area contributed by atoms with Gasteiger partial charge in [-0.05, 0) is 57.0 Å². The first kappa shape index (κ1) is 27.2. The Morgan fingerprint density at radius 3 is 2.62 bits per heavy atom. The fourth-order valence-corrected chi connectivity index (χ4v) is 4.93. The van der Waals surface area contributed by atoms with Gasteiger partial charge in [-0.15, -0.1) is 0 Å². The second-order valence-electron chi connectivity index (χ2n) is 11.4. The summed E-state index contributed by atoms with van der Waals surface area (Å²) in [6.07, 6.45) is 3.64. The van der Waals surface area contributed by atoms with E-state index in [4.69, 9.17) is 4.52 Å². The Balaban J connectivity index is 1.29. The SMILES string of the molecule is Cc1[nH]c(/C=C2\C(=O)Nc3cc(NC(=O)Nc4cc(C(C)(C)C)on4)ccc32)c(C)c1NC(=O)C1CCCNC1. The lowest BCUT2D eigenvalue weighted by molar-refractivity contribution is -0.120. The number of anilines is 4. The Bertz CT molecular complexity index is 1500. The summed E-state index contributed by atoms with van der Waals surface area (Å²) in [7, 11) is 0. The molecule has 2 aliphatic rings. The third-order valence-corrected chi connectivity index (χ3v) is 7.23. The van der Waals surface area contributed by atoms with E-state index < -0.39 is 6.03 Å². The zero-order chi connectivity index (χ0) is 28.6. The number of H-pyrrole nitrogens is 1. The molecule has 2 aliphatic heterocycles. The molecule has 40 heavy (non-hydrogen) atoms. The Hall–Kier alpha value is -4.38. The van der Waals surface area contributed by atoms with Gasteiger partial charge in [0.05, 0.1) is 22.9 Å². The molecule has 0 aliphatic carbocycles. The zero-order valence-corrected chi connectivity index (χ0v) is 23.4. The van der Waals surface area contributed by atoms with Crippen molar-refractivity contribution in [3.63, 3.8) is 0 Å². The van der Waals surface area contributed by atoms with E-state index in [9.17, 15) is 14.4 Å². The van der Waals surface area contributed by atoms with Crippen LogP contribution in [0, 0.1) is 19.8 Å². The van der Waals surface area contributed by atoms with E-state index in [0.717, 1.165) is 42.0 Å². The Morgan fingerprint density at radius 2 is 1.93 bits per heavy atom. The first-order valence-electron chi connectivity index (χ1n) is 13.4. The summed E-state index contributed by atoms with van der Waals surface area (Å²) in [5.41, 5.74) is 5.25.